The van der Waals surface area contributed by atoms with E-state index in [4.69, 9.17) is 9.72 Å². The van der Waals surface area contributed by atoms with E-state index in [1.165, 1.54) is 0 Å². The Hall–Kier alpha value is -4.26. The molecular weight excluding hydrogens is 414 g/mol. The molecule has 1 amide bonds. The van der Waals surface area contributed by atoms with E-state index in [9.17, 15) is 4.79 Å². The predicted octanol–water partition coefficient (Wildman–Crippen LogP) is 4.13. The Morgan fingerprint density at radius 2 is 1.85 bits per heavy atom. The van der Waals surface area contributed by atoms with Crippen molar-refractivity contribution in [3.05, 3.63) is 102 Å². The van der Waals surface area contributed by atoms with Crippen molar-refractivity contribution in [1.29, 1.82) is 0 Å². The van der Waals surface area contributed by atoms with Crippen LogP contribution in [0.1, 0.15) is 21.6 Å². The van der Waals surface area contributed by atoms with Gasteiger partial charge in [0.2, 0.25) is 0 Å². The van der Waals surface area contributed by atoms with Gasteiger partial charge in [-0.1, -0.05) is 24.3 Å². The molecule has 7 nitrogen and oxygen atoms in total. The van der Waals surface area contributed by atoms with Crippen molar-refractivity contribution in [2.75, 3.05) is 19.0 Å². The maximum Gasteiger partial charge on any atom is 0.255 e. The topological polar surface area (TPSA) is 89.0 Å². The second-order valence-electron chi connectivity index (χ2n) is 7.33. The number of hydrogen-bond donors (Lipinski definition) is 2. The minimum absolute atomic E-state index is 0.210. The molecular formula is C26H25N5O2. The van der Waals surface area contributed by atoms with Crippen LogP contribution in [0, 0.1) is 0 Å². The highest BCUT2D eigenvalue weighted by Crippen LogP contribution is 2.30. The van der Waals surface area contributed by atoms with Crippen molar-refractivity contribution >= 4 is 11.7 Å². The molecule has 0 radical (unpaired) electrons. The first-order valence-electron chi connectivity index (χ1n) is 10.7. The summed E-state index contributed by atoms with van der Waals surface area (Å²) in [6, 6.07) is 20.9. The summed E-state index contributed by atoms with van der Waals surface area (Å²) < 4.78 is 5.49. The molecule has 0 aliphatic heterocycles. The van der Waals surface area contributed by atoms with Gasteiger partial charge in [0.15, 0.2) is 0 Å². The van der Waals surface area contributed by atoms with Gasteiger partial charge >= 0.3 is 0 Å². The molecule has 0 saturated carbocycles. The third kappa shape index (κ3) is 5.71. The zero-order valence-corrected chi connectivity index (χ0v) is 18.4. The lowest BCUT2D eigenvalue weighted by Crippen LogP contribution is -2.25. The standard InChI is InChI=1S/C26H25N5O2/c1-33-24-10-3-2-9-21(24)23-12-11-22(26(32)30-18-19-7-6-14-27-17-19)25(31-23)29-16-13-20-8-4-5-15-28-20/h2-12,14-15,17H,13,16,18H2,1H3,(H,29,31)(H,30,32). The molecule has 0 spiro atoms. The minimum Gasteiger partial charge on any atom is -0.496 e. The van der Waals surface area contributed by atoms with Crippen LogP contribution in [0.2, 0.25) is 0 Å². The third-order valence-electron chi connectivity index (χ3n) is 5.10. The maximum atomic E-state index is 13.0. The van der Waals surface area contributed by atoms with E-state index in [-0.39, 0.29) is 5.91 Å². The van der Waals surface area contributed by atoms with E-state index in [0.717, 1.165) is 28.3 Å². The van der Waals surface area contributed by atoms with E-state index in [1.54, 1.807) is 31.8 Å². The van der Waals surface area contributed by atoms with Gasteiger partial charge < -0.3 is 15.4 Å². The Morgan fingerprint density at radius 1 is 0.970 bits per heavy atom. The van der Waals surface area contributed by atoms with Gasteiger partial charge in [0.1, 0.15) is 11.6 Å². The van der Waals surface area contributed by atoms with Crippen molar-refractivity contribution in [3.63, 3.8) is 0 Å². The second kappa shape index (κ2) is 10.9. The van der Waals surface area contributed by atoms with E-state index < -0.39 is 0 Å². The highest BCUT2D eigenvalue weighted by Gasteiger charge is 2.16. The number of carbonyl (C=O) groups is 1. The van der Waals surface area contributed by atoms with Crippen molar-refractivity contribution in [2.24, 2.45) is 0 Å². The van der Waals surface area contributed by atoms with Gasteiger partial charge in [-0.05, 0) is 48.0 Å². The number of ether oxygens (including phenoxy) is 1. The van der Waals surface area contributed by atoms with Crippen LogP contribution in [0.25, 0.3) is 11.3 Å². The lowest BCUT2D eigenvalue weighted by molar-refractivity contribution is 0.0951. The van der Waals surface area contributed by atoms with Gasteiger partial charge in [-0.15, -0.1) is 0 Å². The number of rotatable bonds is 9. The molecule has 0 atom stereocenters. The van der Waals surface area contributed by atoms with Crippen molar-refractivity contribution in [3.8, 4) is 17.0 Å². The second-order valence-corrected chi connectivity index (χ2v) is 7.33. The first-order valence-corrected chi connectivity index (χ1v) is 10.7. The number of pyridine rings is 3. The normalized spacial score (nSPS) is 10.5. The number of benzene rings is 1. The van der Waals surface area contributed by atoms with E-state index in [2.05, 4.69) is 20.6 Å². The minimum atomic E-state index is -0.210. The van der Waals surface area contributed by atoms with Gasteiger partial charge in [0.25, 0.3) is 5.91 Å². The van der Waals surface area contributed by atoms with Gasteiger partial charge in [-0.2, -0.15) is 0 Å². The zero-order valence-electron chi connectivity index (χ0n) is 18.4. The number of carbonyl (C=O) groups excluding carboxylic acids is 1. The summed E-state index contributed by atoms with van der Waals surface area (Å²) in [6.07, 6.45) is 5.91. The number of hydrogen-bond acceptors (Lipinski definition) is 6. The molecule has 3 heterocycles. The zero-order chi connectivity index (χ0) is 22.9. The van der Waals surface area contributed by atoms with Gasteiger partial charge in [-0.3, -0.25) is 14.8 Å². The van der Waals surface area contributed by atoms with Crippen LogP contribution < -0.4 is 15.4 Å². The van der Waals surface area contributed by atoms with Gasteiger partial charge in [0.05, 0.1) is 18.4 Å². The number of nitrogens with zero attached hydrogens (tertiary/aromatic N) is 3. The summed E-state index contributed by atoms with van der Waals surface area (Å²) in [4.78, 5) is 26.2. The smallest absolute Gasteiger partial charge is 0.255 e. The molecule has 0 bridgehead atoms. The van der Waals surface area contributed by atoms with Crippen LogP contribution >= 0.6 is 0 Å². The Bertz CT molecular complexity index is 1200. The van der Waals surface area contributed by atoms with Crippen LogP contribution in [-0.2, 0) is 13.0 Å². The van der Waals surface area contributed by atoms with Crippen molar-refractivity contribution < 1.29 is 9.53 Å². The number of anilines is 1. The number of methoxy groups -OCH3 is 1. The van der Waals surface area contributed by atoms with Crippen LogP contribution in [0.3, 0.4) is 0 Å². The van der Waals surface area contributed by atoms with E-state index in [0.29, 0.717) is 30.9 Å². The van der Waals surface area contributed by atoms with Crippen LogP contribution in [0.15, 0.2) is 85.3 Å². The Balaban J connectivity index is 1.57. The number of para-hydroxylation sites is 1. The molecule has 0 aliphatic rings. The molecule has 4 aromatic rings. The summed E-state index contributed by atoms with van der Waals surface area (Å²) in [7, 11) is 1.63. The largest absolute Gasteiger partial charge is 0.496 e. The highest BCUT2D eigenvalue weighted by atomic mass is 16.5. The van der Waals surface area contributed by atoms with Crippen LogP contribution in [0.4, 0.5) is 5.82 Å². The third-order valence-corrected chi connectivity index (χ3v) is 5.10. The molecule has 0 unspecified atom stereocenters. The first kappa shape index (κ1) is 22.0. The highest BCUT2D eigenvalue weighted by molar-refractivity contribution is 5.99. The molecule has 3 aromatic heterocycles. The predicted molar refractivity (Wildman–Crippen MR) is 128 cm³/mol. The van der Waals surface area contributed by atoms with Crippen molar-refractivity contribution in [1.82, 2.24) is 20.3 Å². The molecule has 0 aliphatic carbocycles. The molecule has 166 valence electrons. The summed E-state index contributed by atoms with van der Waals surface area (Å²) in [5, 5.41) is 6.27. The number of nitrogens with one attached hydrogen (secondary N) is 2. The molecule has 2 N–H and O–H groups in total. The van der Waals surface area contributed by atoms with E-state index in [1.807, 2.05) is 60.7 Å². The monoisotopic (exact) mass is 439 g/mol. The lowest BCUT2D eigenvalue weighted by Gasteiger charge is -2.14. The summed E-state index contributed by atoms with van der Waals surface area (Å²) >= 11 is 0. The first-order chi connectivity index (χ1) is 16.2. The van der Waals surface area contributed by atoms with Gasteiger partial charge in [-0.25, -0.2) is 4.98 Å². The Morgan fingerprint density at radius 3 is 2.64 bits per heavy atom. The summed E-state index contributed by atoms with van der Waals surface area (Å²) in [6.45, 7) is 0.969. The van der Waals surface area contributed by atoms with E-state index >= 15 is 0 Å². The lowest BCUT2D eigenvalue weighted by atomic mass is 10.1. The fraction of sp³-hybridized carbons (Fsp3) is 0.154. The summed E-state index contributed by atoms with van der Waals surface area (Å²) in [5.41, 5.74) is 3.94. The SMILES string of the molecule is COc1ccccc1-c1ccc(C(=O)NCc2cccnc2)c(NCCc2ccccn2)n1. The molecule has 33 heavy (non-hydrogen) atoms. The molecule has 0 saturated heterocycles. The molecule has 7 heteroatoms. The fourth-order valence-corrected chi connectivity index (χ4v) is 3.42. The maximum absolute atomic E-state index is 13.0. The Labute approximate surface area is 192 Å². The van der Waals surface area contributed by atoms with Crippen LogP contribution in [-0.4, -0.2) is 34.5 Å². The summed E-state index contributed by atoms with van der Waals surface area (Å²) in [5.74, 6) is 1.02. The number of amides is 1. The quantitative estimate of drug-likeness (QED) is 0.408. The average Bonchev–Trinajstić information content (AvgIpc) is 2.88. The fourth-order valence-electron chi connectivity index (χ4n) is 3.42. The molecule has 0 fully saturated rings. The van der Waals surface area contributed by atoms with Crippen LogP contribution in [0.5, 0.6) is 5.75 Å². The molecule has 4 rings (SSSR count). The Kier molecular flexibility index (Phi) is 7.22. The molecule has 1 aromatic carbocycles. The average molecular weight is 440 g/mol. The number of aromatic nitrogens is 3. The van der Waals surface area contributed by atoms with Crippen molar-refractivity contribution in [2.45, 2.75) is 13.0 Å². The van der Waals surface area contributed by atoms with Gasteiger partial charge in [0, 0.05) is 49.4 Å².